The standard InChI is InChI=1S/C14H14ClN3O5S2/c15-11-1-2-12(24-11)25(21,22)17-9-7-10(14(19)20)13(16-8-9)18-3-5-23-6-4-18/h1-2,7-8,17H,3-6H2,(H,19,20). The van der Waals surface area contributed by atoms with Crippen LogP contribution < -0.4 is 9.62 Å². The largest absolute Gasteiger partial charge is 0.478 e. The van der Waals surface area contributed by atoms with E-state index in [-0.39, 0.29) is 21.3 Å². The first-order valence-electron chi connectivity index (χ1n) is 7.21. The molecule has 0 amide bonds. The lowest BCUT2D eigenvalue weighted by atomic mass is 10.2. The predicted octanol–water partition coefficient (Wildman–Crippen LogP) is 2.13. The number of aromatic nitrogens is 1. The first-order chi connectivity index (χ1) is 11.9. The number of carboxylic acid groups (broad SMARTS) is 1. The summed E-state index contributed by atoms with van der Waals surface area (Å²) in [5.41, 5.74) is -0.00903. The SMILES string of the molecule is O=C(O)c1cc(NS(=O)(=O)c2ccc(Cl)s2)cnc1N1CCOCC1. The number of thiophene rings is 1. The minimum atomic E-state index is -3.86. The van der Waals surface area contributed by atoms with Gasteiger partial charge in [0.15, 0.2) is 0 Å². The van der Waals surface area contributed by atoms with Crippen LogP contribution in [0.4, 0.5) is 11.5 Å². The molecule has 1 fully saturated rings. The Morgan fingerprint density at radius 1 is 1.36 bits per heavy atom. The summed E-state index contributed by atoms with van der Waals surface area (Å²) >= 11 is 6.67. The highest BCUT2D eigenvalue weighted by Gasteiger charge is 2.22. The van der Waals surface area contributed by atoms with Crippen LogP contribution in [-0.4, -0.2) is 50.8 Å². The van der Waals surface area contributed by atoms with E-state index in [2.05, 4.69) is 9.71 Å². The van der Waals surface area contributed by atoms with Crippen molar-refractivity contribution in [2.45, 2.75) is 4.21 Å². The van der Waals surface area contributed by atoms with Crippen molar-refractivity contribution in [3.05, 3.63) is 34.3 Å². The molecule has 3 rings (SSSR count). The number of pyridine rings is 1. The van der Waals surface area contributed by atoms with E-state index in [0.29, 0.717) is 30.6 Å². The Balaban J connectivity index is 1.90. The Labute approximate surface area is 153 Å². The third-order valence-corrected chi connectivity index (χ3v) is 6.58. The zero-order chi connectivity index (χ0) is 18.0. The third-order valence-electron chi connectivity index (χ3n) is 3.47. The van der Waals surface area contributed by atoms with Crippen LogP contribution in [0.25, 0.3) is 0 Å². The highest BCUT2D eigenvalue weighted by molar-refractivity contribution is 7.94. The Hall–Kier alpha value is -1.88. The summed E-state index contributed by atoms with van der Waals surface area (Å²) in [5, 5.41) is 9.45. The van der Waals surface area contributed by atoms with Crippen molar-refractivity contribution < 1.29 is 23.1 Å². The van der Waals surface area contributed by atoms with E-state index in [4.69, 9.17) is 16.3 Å². The van der Waals surface area contributed by atoms with Crippen molar-refractivity contribution in [1.82, 2.24) is 4.98 Å². The van der Waals surface area contributed by atoms with Crippen molar-refractivity contribution in [2.75, 3.05) is 35.9 Å². The Bertz CT molecular complexity index is 894. The van der Waals surface area contributed by atoms with Crippen LogP contribution >= 0.6 is 22.9 Å². The van der Waals surface area contributed by atoms with Crippen molar-refractivity contribution in [2.24, 2.45) is 0 Å². The number of carbonyl (C=O) groups is 1. The van der Waals surface area contributed by atoms with Crippen molar-refractivity contribution in [3.8, 4) is 0 Å². The van der Waals surface area contributed by atoms with Crippen LogP contribution in [0, 0.1) is 0 Å². The summed E-state index contributed by atoms with van der Waals surface area (Å²) in [5.74, 6) is -0.896. The minimum absolute atomic E-state index is 0.0339. The fraction of sp³-hybridized carbons (Fsp3) is 0.286. The number of nitrogens with zero attached hydrogens (tertiary/aromatic N) is 2. The van der Waals surface area contributed by atoms with E-state index in [1.165, 1.54) is 24.4 Å². The molecule has 8 nitrogen and oxygen atoms in total. The topological polar surface area (TPSA) is 109 Å². The molecule has 0 aliphatic carbocycles. The van der Waals surface area contributed by atoms with Gasteiger partial charge in [-0.05, 0) is 18.2 Å². The van der Waals surface area contributed by atoms with Crippen LogP contribution in [0.5, 0.6) is 0 Å². The van der Waals surface area contributed by atoms with Gasteiger partial charge in [0.1, 0.15) is 15.6 Å². The maximum atomic E-state index is 12.3. The quantitative estimate of drug-likeness (QED) is 0.787. The molecule has 0 unspecified atom stereocenters. The van der Waals surface area contributed by atoms with Gasteiger partial charge in [0.25, 0.3) is 10.0 Å². The number of hydrogen-bond donors (Lipinski definition) is 2. The number of halogens is 1. The van der Waals surface area contributed by atoms with Crippen molar-refractivity contribution in [1.29, 1.82) is 0 Å². The van der Waals surface area contributed by atoms with Gasteiger partial charge < -0.3 is 14.7 Å². The van der Waals surface area contributed by atoms with Crippen LogP contribution in [0.3, 0.4) is 0 Å². The number of aromatic carboxylic acids is 1. The second-order valence-electron chi connectivity index (χ2n) is 5.16. The predicted molar refractivity (Wildman–Crippen MR) is 94.4 cm³/mol. The normalized spacial score (nSPS) is 15.2. The summed E-state index contributed by atoms with van der Waals surface area (Å²) in [4.78, 5) is 17.5. The molecule has 1 saturated heterocycles. The summed E-state index contributed by atoms with van der Waals surface area (Å²) in [6, 6.07) is 4.11. The van der Waals surface area contributed by atoms with Crippen LogP contribution in [0.1, 0.15) is 10.4 Å². The molecule has 3 heterocycles. The molecule has 11 heteroatoms. The number of ether oxygens (including phenoxy) is 1. The lowest BCUT2D eigenvalue weighted by Crippen LogP contribution is -2.37. The second-order valence-corrected chi connectivity index (χ2v) is 8.79. The minimum Gasteiger partial charge on any atom is -0.478 e. The van der Waals surface area contributed by atoms with Crippen molar-refractivity contribution in [3.63, 3.8) is 0 Å². The number of nitrogens with one attached hydrogen (secondary N) is 1. The molecule has 1 aliphatic rings. The molecule has 2 N–H and O–H groups in total. The van der Waals surface area contributed by atoms with E-state index in [9.17, 15) is 18.3 Å². The molecule has 0 aromatic carbocycles. The van der Waals surface area contributed by atoms with Gasteiger partial charge in [-0.15, -0.1) is 11.3 Å². The number of carboxylic acids is 1. The highest BCUT2D eigenvalue weighted by Crippen LogP contribution is 2.28. The van der Waals surface area contributed by atoms with Gasteiger partial charge in [-0.1, -0.05) is 11.6 Å². The molecule has 0 bridgehead atoms. The molecule has 0 atom stereocenters. The lowest BCUT2D eigenvalue weighted by molar-refractivity contribution is 0.0696. The van der Waals surface area contributed by atoms with Gasteiger partial charge >= 0.3 is 5.97 Å². The number of hydrogen-bond acceptors (Lipinski definition) is 7. The fourth-order valence-corrected chi connectivity index (χ4v) is 4.86. The van der Waals surface area contributed by atoms with Gasteiger partial charge in [0, 0.05) is 13.1 Å². The van der Waals surface area contributed by atoms with Crippen LogP contribution in [-0.2, 0) is 14.8 Å². The maximum absolute atomic E-state index is 12.3. The molecular formula is C14H14ClN3O5S2. The summed E-state index contributed by atoms with van der Waals surface area (Å²) in [6.07, 6.45) is 1.30. The summed E-state index contributed by atoms with van der Waals surface area (Å²) in [7, 11) is -3.86. The van der Waals surface area contributed by atoms with Crippen molar-refractivity contribution >= 4 is 50.4 Å². The van der Waals surface area contributed by atoms with E-state index in [1.807, 2.05) is 0 Å². The van der Waals surface area contributed by atoms with Crippen LogP contribution in [0.15, 0.2) is 28.6 Å². The molecule has 1 aliphatic heterocycles. The molecular weight excluding hydrogens is 390 g/mol. The van der Waals surface area contributed by atoms with E-state index in [0.717, 1.165) is 11.3 Å². The summed E-state index contributed by atoms with van der Waals surface area (Å²) in [6.45, 7) is 2.00. The van der Waals surface area contributed by atoms with Gasteiger partial charge in [0.05, 0.1) is 29.4 Å². The Morgan fingerprint density at radius 2 is 2.08 bits per heavy atom. The van der Waals surface area contributed by atoms with Gasteiger partial charge in [-0.2, -0.15) is 0 Å². The average molecular weight is 404 g/mol. The number of morpholine rings is 1. The monoisotopic (exact) mass is 403 g/mol. The highest BCUT2D eigenvalue weighted by atomic mass is 35.5. The number of anilines is 2. The molecule has 134 valence electrons. The van der Waals surface area contributed by atoms with E-state index in [1.54, 1.807) is 4.90 Å². The first kappa shape index (κ1) is 17.9. The molecule has 0 saturated carbocycles. The Morgan fingerprint density at radius 3 is 2.68 bits per heavy atom. The summed E-state index contributed by atoms with van der Waals surface area (Å²) < 4.78 is 32.6. The lowest BCUT2D eigenvalue weighted by Gasteiger charge is -2.28. The van der Waals surface area contributed by atoms with E-state index < -0.39 is 16.0 Å². The maximum Gasteiger partial charge on any atom is 0.339 e. The number of rotatable bonds is 5. The zero-order valence-corrected chi connectivity index (χ0v) is 15.2. The van der Waals surface area contributed by atoms with Gasteiger partial charge in [-0.3, -0.25) is 4.72 Å². The molecule has 0 spiro atoms. The smallest absolute Gasteiger partial charge is 0.339 e. The van der Waals surface area contributed by atoms with Gasteiger partial charge in [-0.25, -0.2) is 18.2 Å². The first-order valence-corrected chi connectivity index (χ1v) is 9.89. The van der Waals surface area contributed by atoms with Gasteiger partial charge in [0.2, 0.25) is 0 Å². The fourth-order valence-electron chi connectivity index (χ4n) is 2.35. The third kappa shape index (κ3) is 4.03. The Kier molecular flexibility index (Phi) is 5.13. The molecule has 2 aromatic rings. The van der Waals surface area contributed by atoms with Crippen LogP contribution in [0.2, 0.25) is 4.34 Å². The zero-order valence-electron chi connectivity index (χ0n) is 12.8. The molecule has 0 radical (unpaired) electrons. The molecule has 25 heavy (non-hydrogen) atoms. The van der Waals surface area contributed by atoms with E-state index >= 15 is 0 Å². The average Bonchev–Trinajstić information content (AvgIpc) is 3.03. The second kappa shape index (κ2) is 7.16. The molecule has 2 aromatic heterocycles. The number of sulfonamides is 1.